The number of anilines is 1. The zero-order valence-electron chi connectivity index (χ0n) is 12.7. The van der Waals surface area contributed by atoms with Gasteiger partial charge in [0.05, 0.1) is 17.5 Å². The lowest BCUT2D eigenvalue weighted by molar-refractivity contribution is 0.0943. The van der Waals surface area contributed by atoms with E-state index in [0.717, 1.165) is 16.7 Å². The topological polar surface area (TPSA) is 87.3 Å². The normalized spacial score (nSPS) is 10.9. The lowest BCUT2D eigenvalue weighted by Crippen LogP contribution is -2.35. The van der Waals surface area contributed by atoms with Crippen LogP contribution in [0, 0.1) is 6.92 Å². The molecule has 1 aromatic carbocycles. The molecular weight excluding hydrogens is 334 g/mol. The standard InChI is InChI=1S/C15H17N3O3S2/c1-10-8-13(9-22-10)15(19)17-16-11(2)12-4-6-14(7-5-12)18-23(3,20)21/h4-9,16,18H,2H2,1,3H3,(H,17,19). The number of carbonyl (C=O) groups is 1. The van der Waals surface area contributed by atoms with Crippen LogP contribution >= 0.6 is 11.3 Å². The first-order chi connectivity index (χ1) is 10.7. The fourth-order valence-electron chi connectivity index (χ4n) is 1.79. The third-order valence-corrected chi connectivity index (χ3v) is 4.32. The Bertz CT molecular complexity index is 824. The lowest BCUT2D eigenvalue weighted by atomic mass is 10.1. The molecule has 122 valence electrons. The number of sulfonamides is 1. The Morgan fingerprint density at radius 3 is 2.30 bits per heavy atom. The van der Waals surface area contributed by atoms with E-state index in [4.69, 9.17) is 0 Å². The third kappa shape index (κ3) is 5.11. The highest BCUT2D eigenvalue weighted by Gasteiger charge is 2.08. The summed E-state index contributed by atoms with van der Waals surface area (Å²) in [6, 6.07) is 8.43. The van der Waals surface area contributed by atoms with Gasteiger partial charge in [-0.25, -0.2) is 8.42 Å². The minimum atomic E-state index is -3.30. The number of nitrogens with one attached hydrogen (secondary N) is 3. The van der Waals surface area contributed by atoms with Crippen LogP contribution < -0.4 is 15.6 Å². The number of carbonyl (C=O) groups excluding carboxylic acids is 1. The van der Waals surface area contributed by atoms with Crippen molar-refractivity contribution in [2.24, 2.45) is 0 Å². The van der Waals surface area contributed by atoms with Crippen LogP contribution in [0.3, 0.4) is 0 Å². The molecule has 0 saturated carbocycles. The van der Waals surface area contributed by atoms with Crippen LogP contribution in [-0.4, -0.2) is 20.6 Å². The zero-order chi connectivity index (χ0) is 17.0. The van der Waals surface area contributed by atoms with Gasteiger partial charge in [-0.1, -0.05) is 18.7 Å². The van der Waals surface area contributed by atoms with Crippen molar-refractivity contribution in [2.45, 2.75) is 6.92 Å². The molecule has 0 saturated heterocycles. The zero-order valence-corrected chi connectivity index (χ0v) is 14.3. The van der Waals surface area contributed by atoms with E-state index in [0.29, 0.717) is 16.9 Å². The molecule has 1 aromatic heterocycles. The molecule has 0 spiro atoms. The van der Waals surface area contributed by atoms with Gasteiger partial charge in [-0.15, -0.1) is 11.3 Å². The average molecular weight is 351 g/mol. The molecule has 0 aliphatic heterocycles. The summed E-state index contributed by atoms with van der Waals surface area (Å²) in [5, 5.41) is 1.78. The summed E-state index contributed by atoms with van der Waals surface area (Å²) in [4.78, 5) is 13.0. The first-order valence-corrected chi connectivity index (χ1v) is 9.40. The maximum absolute atomic E-state index is 11.9. The Labute approximate surface area is 139 Å². The minimum Gasteiger partial charge on any atom is -0.298 e. The van der Waals surface area contributed by atoms with Gasteiger partial charge in [0.25, 0.3) is 5.91 Å². The summed E-state index contributed by atoms with van der Waals surface area (Å²) in [7, 11) is -3.30. The minimum absolute atomic E-state index is 0.245. The summed E-state index contributed by atoms with van der Waals surface area (Å²) in [5.41, 5.74) is 7.58. The highest BCUT2D eigenvalue weighted by Crippen LogP contribution is 2.15. The van der Waals surface area contributed by atoms with Crippen molar-refractivity contribution in [2.75, 3.05) is 11.0 Å². The molecule has 23 heavy (non-hydrogen) atoms. The SMILES string of the molecule is C=C(NNC(=O)c1csc(C)c1)c1ccc(NS(C)(=O)=O)cc1. The van der Waals surface area contributed by atoms with Crippen molar-refractivity contribution in [1.82, 2.24) is 10.9 Å². The Morgan fingerprint density at radius 2 is 1.78 bits per heavy atom. The van der Waals surface area contributed by atoms with Crippen LogP contribution in [0.5, 0.6) is 0 Å². The van der Waals surface area contributed by atoms with Gasteiger partial charge in [0, 0.05) is 15.9 Å². The van der Waals surface area contributed by atoms with E-state index in [-0.39, 0.29) is 5.91 Å². The molecule has 0 atom stereocenters. The van der Waals surface area contributed by atoms with E-state index >= 15 is 0 Å². The van der Waals surface area contributed by atoms with Crippen molar-refractivity contribution >= 4 is 38.7 Å². The maximum Gasteiger partial charge on any atom is 0.270 e. The molecule has 0 aliphatic rings. The smallest absolute Gasteiger partial charge is 0.270 e. The van der Waals surface area contributed by atoms with Gasteiger partial charge in [0.15, 0.2) is 0 Å². The predicted octanol–water partition coefficient (Wildman–Crippen LogP) is 2.33. The van der Waals surface area contributed by atoms with E-state index in [1.165, 1.54) is 11.3 Å². The average Bonchev–Trinajstić information content (AvgIpc) is 2.90. The quantitative estimate of drug-likeness (QED) is 0.697. The van der Waals surface area contributed by atoms with Crippen molar-refractivity contribution in [3.8, 4) is 0 Å². The van der Waals surface area contributed by atoms with Crippen molar-refractivity contribution in [3.05, 3.63) is 58.3 Å². The second-order valence-corrected chi connectivity index (χ2v) is 7.82. The summed E-state index contributed by atoms with van der Waals surface area (Å²) in [6.07, 6.45) is 1.09. The number of hydrogen-bond donors (Lipinski definition) is 3. The summed E-state index contributed by atoms with van der Waals surface area (Å²) in [6.45, 7) is 5.77. The van der Waals surface area contributed by atoms with E-state index in [1.807, 2.05) is 6.92 Å². The predicted molar refractivity (Wildman–Crippen MR) is 93.6 cm³/mol. The Balaban J connectivity index is 1.94. The van der Waals surface area contributed by atoms with E-state index in [9.17, 15) is 13.2 Å². The highest BCUT2D eigenvalue weighted by molar-refractivity contribution is 7.92. The van der Waals surface area contributed by atoms with Crippen LogP contribution in [0.25, 0.3) is 5.70 Å². The maximum atomic E-state index is 11.9. The second-order valence-electron chi connectivity index (χ2n) is 4.96. The molecule has 2 rings (SSSR count). The monoisotopic (exact) mass is 351 g/mol. The van der Waals surface area contributed by atoms with E-state index in [2.05, 4.69) is 22.2 Å². The molecule has 0 aliphatic carbocycles. The summed E-state index contributed by atoms with van der Waals surface area (Å²) < 4.78 is 24.7. The molecule has 1 heterocycles. The molecule has 3 N–H and O–H groups in total. The molecule has 0 unspecified atom stereocenters. The number of rotatable bonds is 6. The van der Waals surface area contributed by atoms with Gasteiger partial charge in [-0.2, -0.15) is 0 Å². The first kappa shape index (κ1) is 17.0. The molecule has 0 radical (unpaired) electrons. The van der Waals surface area contributed by atoms with Gasteiger partial charge in [-0.3, -0.25) is 20.4 Å². The van der Waals surface area contributed by atoms with Crippen LogP contribution in [0.4, 0.5) is 5.69 Å². The van der Waals surface area contributed by atoms with Gasteiger partial charge >= 0.3 is 0 Å². The van der Waals surface area contributed by atoms with Gasteiger partial charge in [0.1, 0.15) is 0 Å². The first-order valence-electron chi connectivity index (χ1n) is 6.63. The second kappa shape index (κ2) is 6.84. The van der Waals surface area contributed by atoms with Crippen molar-refractivity contribution < 1.29 is 13.2 Å². The van der Waals surface area contributed by atoms with Gasteiger partial charge < -0.3 is 0 Å². The third-order valence-electron chi connectivity index (χ3n) is 2.86. The molecular formula is C15H17N3O3S2. The number of benzene rings is 1. The van der Waals surface area contributed by atoms with E-state index < -0.39 is 10.0 Å². The van der Waals surface area contributed by atoms with Crippen LogP contribution in [0.1, 0.15) is 20.8 Å². The van der Waals surface area contributed by atoms with E-state index in [1.54, 1.807) is 35.7 Å². The van der Waals surface area contributed by atoms with Gasteiger partial charge in [-0.05, 0) is 30.7 Å². The number of hydrazine groups is 1. The molecule has 8 heteroatoms. The Kier molecular flexibility index (Phi) is 5.07. The summed E-state index contributed by atoms with van der Waals surface area (Å²) >= 11 is 1.50. The Hall–Kier alpha value is -2.32. The molecule has 6 nitrogen and oxygen atoms in total. The Morgan fingerprint density at radius 1 is 1.13 bits per heavy atom. The van der Waals surface area contributed by atoms with Crippen LogP contribution in [-0.2, 0) is 10.0 Å². The molecule has 2 aromatic rings. The van der Waals surface area contributed by atoms with Crippen LogP contribution in [0.2, 0.25) is 0 Å². The van der Waals surface area contributed by atoms with Crippen molar-refractivity contribution in [1.29, 1.82) is 0 Å². The number of aryl methyl sites for hydroxylation is 1. The highest BCUT2D eigenvalue weighted by atomic mass is 32.2. The molecule has 0 fully saturated rings. The molecule has 0 bridgehead atoms. The van der Waals surface area contributed by atoms with Crippen molar-refractivity contribution in [3.63, 3.8) is 0 Å². The fourth-order valence-corrected chi connectivity index (χ4v) is 3.04. The lowest BCUT2D eigenvalue weighted by Gasteiger charge is -2.11. The van der Waals surface area contributed by atoms with Crippen LogP contribution in [0.15, 0.2) is 42.3 Å². The van der Waals surface area contributed by atoms with Gasteiger partial charge in [0.2, 0.25) is 10.0 Å². The molecule has 1 amide bonds. The summed E-state index contributed by atoms with van der Waals surface area (Å²) in [5.74, 6) is -0.245. The number of amides is 1. The number of hydrogen-bond acceptors (Lipinski definition) is 5. The largest absolute Gasteiger partial charge is 0.298 e. The number of thiophene rings is 1. The fraction of sp³-hybridized carbons (Fsp3) is 0.133.